The highest BCUT2D eigenvalue weighted by molar-refractivity contribution is 7.39. The summed E-state index contributed by atoms with van der Waals surface area (Å²) in [6.07, 6.45) is 5.81. The van der Waals surface area contributed by atoms with Gasteiger partial charge in [-0.3, -0.25) is 14.4 Å². The molecule has 50 heavy (non-hydrogen) atoms. The van der Waals surface area contributed by atoms with Crippen LogP contribution in [0.1, 0.15) is 125 Å². The van der Waals surface area contributed by atoms with Crippen molar-refractivity contribution in [3.63, 3.8) is 0 Å². The molecule has 0 bridgehead atoms. The molecule has 266 valence electrons. The molecule has 10 heteroatoms. The zero-order chi connectivity index (χ0) is 36.0. The van der Waals surface area contributed by atoms with Gasteiger partial charge in [-0.05, 0) is 79.9 Å². The topological polar surface area (TPSA) is 122 Å². The smallest absolute Gasteiger partial charge is 0.346 e. The van der Waals surface area contributed by atoms with E-state index in [4.69, 9.17) is 14.2 Å². The van der Waals surface area contributed by atoms with Crippen LogP contribution in [-0.4, -0.2) is 67.7 Å². The molecule has 4 aliphatic rings. The number of rotatable bonds is 11. The van der Waals surface area contributed by atoms with Crippen LogP contribution in [0.15, 0.2) is 42.5 Å². The molecule has 1 spiro atoms. The Morgan fingerprint density at radius 2 is 1.54 bits per heavy atom. The third kappa shape index (κ3) is 7.15. The lowest BCUT2D eigenvalue weighted by Gasteiger charge is -2.52. The van der Waals surface area contributed by atoms with Gasteiger partial charge in [0.1, 0.15) is 5.76 Å². The minimum absolute atomic E-state index is 0.0246. The first-order valence-corrected chi connectivity index (χ1v) is 18.9. The van der Waals surface area contributed by atoms with Gasteiger partial charge < -0.3 is 18.9 Å². The van der Waals surface area contributed by atoms with Crippen molar-refractivity contribution in [2.45, 2.75) is 73.5 Å². The van der Waals surface area contributed by atoms with Crippen molar-refractivity contribution in [2.24, 2.45) is 28.1 Å². The van der Waals surface area contributed by atoms with Crippen LogP contribution in [0.4, 0.5) is 0 Å². The fourth-order valence-corrected chi connectivity index (χ4v) is 9.77. The Balaban J connectivity index is 0.977. The maximum absolute atomic E-state index is 13.0. The second kappa shape index (κ2) is 13.9. The molecule has 6 rings (SSSR count). The van der Waals surface area contributed by atoms with E-state index in [1.165, 1.54) is 12.1 Å². The molecule has 3 unspecified atom stereocenters. The summed E-state index contributed by atoms with van der Waals surface area (Å²) < 4.78 is 23.8. The molecule has 0 aromatic heterocycles. The highest BCUT2D eigenvalue weighted by Gasteiger charge is 2.48. The Morgan fingerprint density at radius 3 is 2.24 bits per heavy atom. The number of allylic oxidation sites excluding steroid dienone is 1. The zero-order valence-corrected chi connectivity index (χ0v) is 30.8. The first-order valence-electron chi connectivity index (χ1n) is 17.5. The molecule has 0 radical (unpaired) electrons. The number of fused-ring (bicyclic) bond motifs is 2. The van der Waals surface area contributed by atoms with Gasteiger partial charge in [0.05, 0.1) is 37.4 Å². The molecule has 2 aromatic carbocycles. The van der Waals surface area contributed by atoms with Gasteiger partial charge in [0, 0.05) is 39.2 Å². The van der Waals surface area contributed by atoms with Crippen LogP contribution in [0, 0.1) is 28.1 Å². The fraction of sp³-hybridized carbons (Fsp3) is 0.525. The van der Waals surface area contributed by atoms with E-state index < -0.39 is 23.6 Å². The van der Waals surface area contributed by atoms with E-state index in [1.54, 1.807) is 18.2 Å². The van der Waals surface area contributed by atoms with Crippen LogP contribution in [0.25, 0.3) is 5.76 Å². The van der Waals surface area contributed by atoms with E-state index in [9.17, 15) is 24.0 Å². The van der Waals surface area contributed by atoms with Crippen molar-refractivity contribution < 1.29 is 42.9 Å². The number of hydrogen-bond donors (Lipinski definition) is 0. The van der Waals surface area contributed by atoms with Crippen LogP contribution in [0.3, 0.4) is 0 Å². The molecule has 2 aliphatic carbocycles. The lowest BCUT2D eigenvalue weighted by Crippen LogP contribution is -2.51. The number of benzene rings is 2. The van der Waals surface area contributed by atoms with Crippen molar-refractivity contribution in [1.82, 2.24) is 0 Å². The number of esters is 2. The van der Waals surface area contributed by atoms with Gasteiger partial charge in [-0.1, -0.05) is 46.8 Å². The van der Waals surface area contributed by atoms with E-state index >= 15 is 0 Å². The average molecular weight is 703 g/mol. The van der Waals surface area contributed by atoms with Gasteiger partial charge in [-0.15, -0.1) is 8.58 Å². The highest BCUT2D eigenvalue weighted by atomic mass is 31.1. The lowest BCUT2D eigenvalue weighted by molar-refractivity contribution is -0.282. The molecule has 2 aromatic rings. The third-order valence-electron chi connectivity index (χ3n) is 11.1. The van der Waals surface area contributed by atoms with E-state index in [1.807, 2.05) is 19.1 Å². The van der Waals surface area contributed by atoms with Crippen molar-refractivity contribution >= 4 is 43.6 Å². The van der Waals surface area contributed by atoms with Gasteiger partial charge in [-0.25, -0.2) is 9.59 Å². The summed E-state index contributed by atoms with van der Waals surface area (Å²) >= 11 is 0. The summed E-state index contributed by atoms with van der Waals surface area (Å²) in [7, 11) is 0.452. The van der Waals surface area contributed by atoms with Crippen LogP contribution < -0.4 is 0 Å². The monoisotopic (exact) mass is 702 g/mol. The first kappa shape index (κ1) is 36.3. The summed E-state index contributed by atoms with van der Waals surface area (Å²) in [5.41, 5.74) is 2.11. The minimum atomic E-state index is -0.694. The number of hydrogen-bond acceptors (Lipinski definition) is 9. The standard InChI is InChI=1S/C40H47O9P/c1-7-34(25-9-10-26-28(15-25)32(42)16-31(26)41)46-19-38(3,4)37-47-20-40(21-48-37)13-12-30(23(2)17-40)39(5,6)22-50-18-33(43)24-8-11-27-29(14-24)36(45)49-35(27)44/h7-11,14-15,23,30,37,50H,12-13,16-22H2,1-6H3/b34-7+. The van der Waals surface area contributed by atoms with Crippen LogP contribution in [-0.2, 0) is 18.9 Å². The Morgan fingerprint density at radius 1 is 0.900 bits per heavy atom. The van der Waals surface area contributed by atoms with E-state index in [2.05, 4.69) is 39.4 Å². The van der Waals surface area contributed by atoms with Gasteiger partial charge >= 0.3 is 11.9 Å². The minimum Gasteiger partial charge on any atom is -0.493 e. The predicted octanol–water partition coefficient (Wildman–Crippen LogP) is 7.55. The van der Waals surface area contributed by atoms with Crippen LogP contribution in [0.2, 0.25) is 0 Å². The third-order valence-corrected chi connectivity index (χ3v) is 12.8. The Labute approximate surface area is 295 Å². The summed E-state index contributed by atoms with van der Waals surface area (Å²) in [5.74, 6) is -0.0498. The molecule has 2 fully saturated rings. The molecular formula is C40H47O9P. The van der Waals surface area contributed by atoms with E-state index in [0.29, 0.717) is 68.8 Å². The number of ketones is 3. The average Bonchev–Trinajstić information content (AvgIpc) is 3.52. The molecule has 0 amide bonds. The fourth-order valence-electron chi connectivity index (χ4n) is 8.31. The molecule has 3 atom stereocenters. The molecule has 9 nitrogen and oxygen atoms in total. The predicted molar refractivity (Wildman–Crippen MR) is 190 cm³/mol. The van der Waals surface area contributed by atoms with Crippen molar-refractivity contribution in [3.8, 4) is 0 Å². The largest absolute Gasteiger partial charge is 0.493 e. The maximum Gasteiger partial charge on any atom is 0.346 e. The second-order valence-electron chi connectivity index (χ2n) is 15.9. The normalized spacial score (nSPS) is 25.7. The Bertz CT molecular complexity index is 1760. The molecule has 1 saturated carbocycles. The quantitative estimate of drug-likeness (QED) is 0.0768. The number of Topliss-reactive ketones (excluding diaryl/α,β-unsaturated/α-hetero) is 3. The second-order valence-corrected chi connectivity index (χ2v) is 17.2. The number of carbonyl (C=O) groups is 5. The van der Waals surface area contributed by atoms with Gasteiger partial charge in [-0.2, -0.15) is 0 Å². The zero-order valence-electron chi connectivity index (χ0n) is 29.8. The van der Waals surface area contributed by atoms with Gasteiger partial charge in [0.2, 0.25) is 0 Å². The van der Waals surface area contributed by atoms with Crippen molar-refractivity contribution in [3.05, 3.63) is 75.9 Å². The molecule has 1 saturated heterocycles. The maximum atomic E-state index is 13.0. The number of ether oxygens (including phenoxy) is 4. The summed E-state index contributed by atoms with van der Waals surface area (Å²) in [5, 5.41) is 0. The Kier molecular flexibility index (Phi) is 10.1. The molecule has 2 aliphatic heterocycles. The first-order chi connectivity index (χ1) is 23.6. The van der Waals surface area contributed by atoms with E-state index in [0.717, 1.165) is 31.0 Å². The van der Waals surface area contributed by atoms with Gasteiger partial charge in [0.25, 0.3) is 0 Å². The molecular weight excluding hydrogens is 655 g/mol. The summed E-state index contributed by atoms with van der Waals surface area (Å²) in [6.45, 7) is 14.6. The SMILES string of the molecule is C/C=C(/OCC(C)(C)C1OCC2(CCC(C(C)(C)CPCC(=O)c3ccc4c(c3)C(=O)OC4=O)C(C)C2)CO1)c1ccc2c(c1)C(=O)CC2=O. The summed E-state index contributed by atoms with van der Waals surface area (Å²) in [4.78, 5) is 61.0. The van der Waals surface area contributed by atoms with E-state index in [-0.39, 0.29) is 45.7 Å². The number of cyclic esters (lactones) is 2. The molecule has 2 heterocycles. The molecule has 0 N–H and O–H groups in total. The highest BCUT2D eigenvalue weighted by Crippen LogP contribution is 2.52. The van der Waals surface area contributed by atoms with Crippen LogP contribution in [0.5, 0.6) is 0 Å². The summed E-state index contributed by atoms with van der Waals surface area (Å²) in [6, 6.07) is 9.89. The lowest BCUT2D eigenvalue weighted by atomic mass is 9.59. The Hall–Kier alpha value is -3.52. The number of carbonyl (C=O) groups excluding carboxylic acids is 5. The van der Waals surface area contributed by atoms with Gasteiger partial charge in [0.15, 0.2) is 23.6 Å². The van der Waals surface area contributed by atoms with Crippen LogP contribution >= 0.6 is 8.58 Å². The van der Waals surface area contributed by atoms with Crippen molar-refractivity contribution in [2.75, 3.05) is 32.1 Å². The van der Waals surface area contributed by atoms with Crippen molar-refractivity contribution in [1.29, 1.82) is 0 Å².